The number of hydrogen-bond donors (Lipinski definition) is 2. The van der Waals surface area contributed by atoms with E-state index in [0.29, 0.717) is 12.8 Å². The van der Waals surface area contributed by atoms with Gasteiger partial charge in [0.15, 0.2) is 0 Å². The van der Waals surface area contributed by atoms with Gasteiger partial charge in [-0.3, -0.25) is 0 Å². The van der Waals surface area contributed by atoms with Crippen molar-refractivity contribution in [3.05, 3.63) is 35.9 Å². The fourth-order valence-corrected chi connectivity index (χ4v) is 1.24. The molecule has 0 aromatic heterocycles. The third-order valence-corrected chi connectivity index (χ3v) is 2.04. The zero-order valence-electron chi connectivity index (χ0n) is 7.85. The minimum Gasteiger partial charge on any atom is -0.393 e. The summed E-state index contributed by atoms with van der Waals surface area (Å²) >= 11 is 0. The minimum absolute atomic E-state index is 0.335. The van der Waals surface area contributed by atoms with Gasteiger partial charge in [-0.05, 0) is 25.3 Å². The van der Waals surface area contributed by atoms with E-state index in [1.54, 1.807) is 6.92 Å². The van der Waals surface area contributed by atoms with E-state index in [1.165, 1.54) is 0 Å². The van der Waals surface area contributed by atoms with Crippen molar-refractivity contribution in [2.75, 3.05) is 0 Å². The molecule has 0 aliphatic heterocycles. The van der Waals surface area contributed by atoms with Gasteiger partial charge < -0.3 is 10.2 Å². The molecule has 0 heterocycles. The second-order valence-electron chi connectivity index (χ2n) is 3.35. The monoisotopic (exact) mass is 180 g/mol. The fraction of sp³-hybridized carbons (Fsp3) is 0.455. The van der Waals surface area contributed by atoms with Crippen LogP contribution in [0.4, 0.5) is 0 Å². The molecule has 1 rings (SSSR count). The van der Waals surface area contributed by atoms with E-state index in [2.05, 4.69) is 0 Å². The van der Waals surface area contributed by atoms with Gasteiger partial charge in [-0.1, -0.05) is 30.3 Å². The third-order valence-electron chi connectivity index (χ3n) is 2.04. The Kier molecular flexibility index (Phi) is 3.93. The Labute approximate surface area is 78.8 Å². The molecule has 2 heteroatoms. The van der Waals surface area contributed by atoms with Gasteiger partial charge in [0.05, 0.1) is 12.2 Å². The Morgan fingerprint density at radius 1 is 1.08 bits per heavy atom. The predicted octanol–water partition coefficient (Wildman–Crippen LogP) is 1.88. The van der Waals surface area contributed by atoms with Gasteiger partial charge in [0, 0.05) is 0 Å². The van der Waals surface area contributed by atoms with E-state index in [1.807, 2.05) is 30.3 Å². The molecular formula is C11H16O2. The van der Waals surface area contributed by atoms with Gasteiger partial charge in [0.25, 0.3) is 0 Å². The zero-order valence-corrected chi connectivity index (χ0v) is 7.85. The normalized spacial score (nSPS) is 15.3. The first-order valence-electron chi connectivity index (χ1n) is 4.61. The molecule has 0 saturated heterocycles. The highest BCUT2D eigenvalue weighted by molar-refractivity contribution is 5.16. The van der Waals surface area contributed by atoms with Gasteiger partial charge in [-0.25, -0.2) is 0 Å². The summed E-state index contributed by atoms with van der Waals surface area (Å²) in [5.41, 5.74) is 0.920. The molecule has 2 atom stereocenters. The van der Waals surface area contributed by atoms with Crippen molar-refractivity contribution in [3.8, 4) is 0 Å². The number of aliphatic hydroxyl groups is 2. The molecule has 0 radical (unpaired) electrons. The number of hydrogen-bond acceptors (Lipinski definition) is 2. The van der Waals surface area contributed by atoms with Crippen LogP contribution in [-0.2, 0) is 0 Å². The maximum atomic E-state index is 9.66. The first-order chi connectivity index (χ1) is 6.20. The second kappa shape index (κ2) is 5.00. The van der Waals surface area contributed by atoms with E-state index in [-0.39, 0.29) is 6.10 Å². The third kappa shape index (κ3) is 3.57. The summed E-state index contributed by atoms with van der Waals surface area (Å²) < 4.78 is 0. The molecule has 0 fully saturated rings. The quantitative estimate of drug-likeness (QED) is 0.742. The van der Waals surface area contributed by atoms with Crippen LogP contribution in [0.5, 0.6) is 0 Å². The van der Waals surface area contributed by atoms with Gasteiger partial charge in [-0.2, -0.15) is 0 Å². The van der Waals surface area contributed by atoms with Gasteiger partial charge in [-0.15, -0.1) is 0 Å². The molecule has 0 unspecified atom stereocenters. The lowest BCUT2D eigenvalue weighted by Crippen LogP contribution is -2.04. The number of aliphatic hydroxyl groups excluding tert-OH is 2. The summed E-state index contributed by atoms with van der Waals surface area (Å²) in [4.78, 5) is 0. The highest BCUT2D eigenvalue weighted by atomic mass is 16.3. The first-order valence-corrected chi connectivity index (χ1v) is 4.61. The zero-order chi connectivity index (χ0) is 9.68. The Bertz CT molecular complexity index is 231. The van der Waals surface area contributed by atoms with Crippen LogP contribution in [0, 0.1) is 0 Å². The molecule has 1 aromatic carbocycles. The van der Waals surface area contributed by atoms with Gasteiger partial charge in [0.1, 0.15) is 0 Å². The maximum absolute atomic E-state index is 9.66. The van der Waals surface area contributed by atoms with Crippen LogP contribution in [0.1, 0.15) is 31.4 Å². The van der Waals surface area contributed by atoms with Crippen LogP contribution in [0.3, 0.4) is 0 Å². The lowest BCUT2D eigenvalue weighted by Gasteiger charge is -2.11. The Balaban J connectivity index is 2.44. The molecule has 0 aliphatic rings. The highest BCUT2D eigenvalue weighted by Gasteiger charge is 2.07. The Morgan fingerprint density at radius 2 is 1.69 bits per heavy atom. The summed E-state index contributed by atoms with van der Waals surface area (Å²) in [6, 6.07) is 9.52. The van der Waals surface area contributed by atoms with Crippen molar-refractivity contribution in [2.24, 2.45) is 0 Å². The molecule has 0 saturated carbocycles. The highest BCUT2D eigenvalue weighted by Crippen LogP contribution is 2.18. The minimum atomic E-state index is -0.448. The summed E-state index contributed by atoms with van der Waals surface area (Å²) in [6.45, 7) is 1.73. The van der Waals surface area contributed by atoms with E-state index >= 15 is 0 Å². The van der Waals surface area contributed by atoms with Crippen LogP contribution < -0.4 is 0 Å². The maximum Gasteiger partial charge on any atom is 0.0791 e. The molecule has 0 bridgehead atoms. The Morgan fingerprint density at radius 3 is 2.23 bits per heavy atom. The van der Waals surface area contributed by atoms with E-state index < -0.39 is 6.10 Å². The standard InChI is InChI=1S/C11H16O2/c1-9(12)7-8-11(13)10-5-3-2-4-6-10/h2-6,9,11-13H,7-8H2,1H3/t9-,11+/m0/s1. The first kappa shape index (κ1) is 10.2. The number of rotatable bonds is 4. The van der Waals surface area contributed by atoms with Crippen molar-refractivity contribution in [2.45, 2.75) is 32.0 Å². The molecule has 72 valence electrons. The van der Waals surface area contributed by atoms with Crippen molar-refractivity contribution < 1.29 is 10.2 Å². The summed E-state index contributed by atoms with van der Waals surface area (Å²) in [5, 5.41) is 18.7. The molecule has 0 aliphatic carbocycles. The molecule has 2 nitrogen and oxygen atoms in total. The average Bonchev–Trinajstić information content (AvgIpc) is 2.15. The van der Waals surface area contributed by atoms with E-state index in [9.17, 15) is 5.11 Å². The molecule has 1 aromatic rings. The van der Waals surface area contributed by atoms with Gasteiger partial charge >= 0.3 is 0 Å². The molecular weight excluding hydrogens is 164 g/mol. The lowest BCUT2D eigenvalue weighted by molar-refractivity contribution is 0.123. The van der Waals surface area contributed by atoms with Crippen LogP contribution in [0.15, 0.2) is 30.3 Å². The van der Waals surface area contributed by atoms with Gasteiger partial charge in [0.2, 0.25) is 0 Å². The van der Waals surface area contributed by atoms with E-state index in [0.717, 1.165) is 5.56 Å². The largest absolute Gasteiger partial charge is 0.393 e. The van der Waals surface area contributed by atoms with Crippen LogP contribution in [0.25, 0.3) is 0 Å². The topological polar surface area (TPSA) is 40.5 Å². The predicted molar refractivity (Wildman–Crippen MR) is 52.3 cm³/mol. The summed E-state index contributed by atoms with van der Waals surface area (Å²) in [7, 11) is 0. The SMILES string of the molecule is C[C@H](O)CC[C@@H](O)c1ccccc1. The average molecular weight is 180 g/mol. The number of benzene rings is 1. The molecule has 0 spiro atoms. The molecule has 13 heavy (non-hydrogen) atoms. The molecule has 0 amide bonds. The van der Waals surface area contributed by atoms with Crippen molar-refractivity contribution in [1.82, 2.24) is 0 Å². The van der Waals surface area contributed by atoms with Crippen molar-refractivity contribution in [1.29, 1.82) is 0 Å². The van der Waals surface area contributed by atoms with Crippen LogP contribution >= 0.6 is 0 Å². The summed E-state index contributed by atoms with van der Waals surface area (Å²) in [6.07, 6.45) is 0.465. The summed E-state index contributed by atoms with van der Waals surface area (Å²) in [5.74, 6) is 0. The smallest absolute Gasteiger partial charge is 0.0791 e. The van der Waals surface area contributed by atoms with Crippen molar-refractivity contribution in [3.63, 3.8) is 0 Å². The van der Waals surface area contributed by atoms with E-state index in [4.69, 9.17) is 5.11 Å². The Hall–Kier alpha value is -0.860. The van der Waals surface area contributed by atoms with Crippen LogP contribution in [-0.4, -0.2) is 16.3 Å². The molecule has 2 N–H and O–H groups in total. The fourth-order valence-electron chi connectivity index (χ4n) is 1.24. The van der Waals surface area contributed by atoms with Crippen LogP contribution in [0.2, 0.25) is 0 Å². The lowest BCUT2D eigenvalue weighted by atomic mass is 10.0. The van der Waals surface area contributed by atoms with Crippen molar-refractivity contribution >= 4 is 0 Å². The second-order valence-corrected chi connectivity index (χ2v) is 3.35.